The van der Waals surface area contributed by atoms with E-state index in [-0.39, 0.29) is 0 Å². The largest absolute Gasteiger partial charge is 0.269 e. The predicted molar refractivity (Wildman–Crippen MR) is 47.6 cm³/mol. The molecule has 2 rings (SSSR count). The summed E-state index contributed by atoms with van der Waals surface area (Å²) in [4.78, 5) is 4.13. The molecule has 1 nitrogen and oxygen atoms in total. The van der Waals surface area contributed by atoms with Crippen LogP contribution in [0.1, 0.15) is 13.3 Å². The van der Waals surface area contributed by atoms with E-state index in [0.717, 1.165) is 6.42 Å². The van der Waals surface area contributed by atoms with Crippen molar-refractivity contribution in [3.05, 3.63) is 35.6 Å². The van der Waals surface area contributed by atoms with E-state index in [1.165, 1.54) is 11.1 Å². The molecule has 0 saturated heterocycles. The van der Waals surface area contributed by atoms with E-state index in [1.807, 2.05) is 12.4 Å². The Bertz CT molecular complexity index is 279. The van der Waals surface area contributed by atoms with Crippen LogP contribution in [-0.2, 0) is 0 Å². The maximum absolute atomic E-state index is 4.13. The average Bonchev–Trinajstić information content (AvgIpc) is 2.04. The maximum Gasteiger partial charge on any atom is 0.0302 e. The number of aliphatic imine (C=N–C) groups is 1. The van der Waals surface area contributed by atoms with Gasteiger partial charge in [-0.2, -0.15) is 0 Å². The van der Waals surface area contributed by atoms with E-state index in [2.05, 4.69) is 30.1 Å². The van der Waals surface area contributed by atoms with Gasteiger partial charge in [0, 0.05) is 18.3 Å². The molecule has 56 valence electrons. The third-order valence-electron chi connectivity index (χ3n) is 2.10. The Hall–Kier alpha value is -1.11. The van der Waals surface area contributed by atoms with Crippen molar-refractivity contribution in [3.63, 3.8) is 0 Å². The van der Waals surface area contributed by atoms with E-state index in [4.69, 9.17) is 0 Å². The van der Waals surface area contributed by atoms with Gasteiger partial charge in [0.15, 0.2) is 0 Å². The molecule has 0 spiro atoms. The van der Waals surface area contributed by atoms with E-state index in [0.29, 0.717) is 5.92 Å². The summed E-state index contributed by atoms with van der Waals surface area (Å²) in [5.41, 5.74) is 2.68. The van der Waals surface area contributed by atoms with Gasteiger partial charge in [0.1, 0.15) is 0 Å². The van der Waals surface area contributed by atoms with Gasteiger partial charge in [-0.1, -0.05) is 23.8 Å². The van der Waals surface area contributed by atoms with Gasteiger partial charge < -0.3 is 0 Å². The molecule has 1 atom stereocenters. The van der Waals surface area contributed by atoms with Crippen LogP contribution in [0.5, 0.6) is 0 Å². The second-order valence-corrected chi connectivity index (χ2v) is 3.05. The Kier molecular flexibility index (Phi) is 1.50. The Morgan fingerprint density at radius 2 is 2.45 bits per heavy atom. The highest BCUT2D eigenvalue weighted by atomic mass is 14.7. The van der Waals surface area contributed by atoms with Crippen LogP contribution in [-0.4, -0.2) is 6.21 Å². The van der Waals surface area contributed by atoms with E-state index in [9.17, 15) is 0 Å². The van der Waals surface area contributed by atoms with Crippen LogP contribution in [0.4, 0.5) is 0 Å². The van der Waals surface area contributed by atoms with Crippen LogP contribution < -0.4 is 0 Å². The van der Waals surface area contributed by atoms with E-state index >= 15 is 0 Å². The van der Waals surface area contributed by atoms with Crippen molar-refractivity contribution in [2.45, 2.75) is 13.3 Å². The lowest BCUT2D eigenvalue weighted by Crippen LogP contribution is -2.06. The first kappa shape index (κ1) is 6.59. The van der Waals surface area contributed by atoms with Gasteiger partial charge >= 0.3 is 0 Å². The van der Waals surface area contributed by atoms with Gasteiger partial charge in [0.25, 0.3) is 0 Å². The Labute approximate surface area is 66.8 Å². The highest BCUT2D eigenvalue weighted by Crippen LogP contribution is 2.26. The van der Waals surface area contributed by atoms with Crippen LogP contribution in [0.15, 0.2) is 40.6 Å². The molecule has 1 heteroatoms. The molecular formula is C10H11N. The lowest BCUT2D eigenvalue weighted by Gasteiger charge is -2.18. The monoisotopic (exact) mass is 145 g/mol. The fourth-order valence-electron chi connectivity index (χ4n) is 1.46. The number of nitrogens with zero attached hydrogens (tertiary/aromatic N) is 1. The van der Waals surface area contributed by atoms with Gasteiger partial charge in [-0.25, -0.2) is 0 Å². The average molecular weight is 145 g/mol. The molecule has 0 aromatic heterocycles. The zero-order valence-electron chi connectivity index (χ0n) is 6.62. The summed E-state index contributed by atoms with van der Waals surface area (Å²) in [6.07, 6.45) is 11.6. The summed E-state index contributed by atoms with van der Waals surface area (Å²) in [5, 5.41) is 0. The van der Waals surface area contributed by atoms with Crippen LogP contribution >= 0.6 is 0 Å². The number of hydrogen-bond donors (Lipinski definition) is 0. The lowest BCUT2D eigenvalue weighted by atomic mass is 9.89. The Morgan fingerprint density at radius 1 is 1.55 bits per heavy atom. The van der Waals surface area contributed by atoms with E-state index in [1.54, 1.807) is 0 Å². The Balaban J connectivity index is 2.35. The molecule has 0 bridgehead atoms. The van der Waals surface area contributed by atoms with Crippen molar-refractivity contribution >= 4 is 6.21 Å². The highest BCUT2D eigenvalue weighted by Gasteiger charge is 2.13. The first-order valence-corrected chi connectivity index (χ1v) is 3.94. The quantitative estimate of drug-likeness (QED) is 0.496. The molecule has 1 heterocycles. The highest BCUT2D eigenvalue weighted by molar-refractivity contribution is 5.63. The molecule has 1 aliphatic heterocycles. The molecule has 1 aliphatic carbocycles. The van der Waals surface area contributed by atoms with Gasteiger partial charge in [0.05, 0.1) is 0 Å². The fourth-order valence-corrected chi connectivity index (χ4v) is 1.46. The zero-order chi connectivity index (χ0) is 7.68. The molecule has 2 aliphatic rings. The smallest absolute Gasteiger partial charge is 0.0302 e. The summed E-state index contributed by atoms with van der Waals surface area (Å²) < 4.78 is 0. The van der Waals surface area contributed by atoms with Gasteiger partial charge in [-0.3, -0.25) is 4.99 Å². The van der Waals surface area contributed by atoms with Gasteiger partial charge in [-0.05, 0) is 18.9 Å². The standard InChI is InChI=1S/C10H11N/c1-8-2-3-9-4-5-11-7-10(9)6-8/h2-3,5-7,9H,4H2,1H3. The topological polar surface area (TPSA) is 12.4 Å². The van der Waals surface area contributed by atoms with E-state index < -0.39 is 0 Å². The van der Waals surface area contributed by atoms with Crippen LogP contribution in [0.25, 0.3) is 0 Å². The molecule has 0 radical (unpaired) electrons. The normalized spacial score (nSPS) is 27.5. The SMILES string of the molecule is CC1=CC2=CN=CCC2C=C1. The molecule has 0 N–H and O–H groups in total. The first-order valence-electron chi connectivity index (χ1n) is 3.94. The van der Waals surface area contributed by atoms with Crippen LogP contribution in [0, 0.1) is 5.92 Å². The minimum absolute atomic E-state index is 0.594. The first-order chi connectivity index (χ1) is 5.36. The van der Waals surface area contributed by atoms with Crippen molar-refractivity contribution in [1.29, 1.82) is 0 Å². The molecule has 0 amide bonds. The number of fused-ring (bicyclic) bond motifs is 1. The summed E-state index contributed by atoms with van der Waals surface area (Å²) in [6.45, 7) is 2.12. The minimum atomic E-state index is 0.594. The van der Waals surface area contributed by atoms with Gasteiger partial charge in [-0.15, -0.1) is 0 Å². The van der Waals surface area contributed by atoms with Crippen LogP contribution in [0.2, 0.25) is 0 Å². The third-order valence-corrected chi connectivity index (χ3v) is 2.10. The lowest BCUT2D eigenvalue weighted by molar-refractivity contribution is 0.804. The summed E-state index contributed by atoms with van der Waals surface area (Å²) in [5.74, 6) is 0.594. The van der Waals surface area contributed by atoms with Crippen molar-refractivity contribution in [2.24, 2.45) is 10.9 Å². The summed E-state index contributed by atoms with van der Waals surface area (Å²) in [7, 11) is 0. The van der Waals surface area contributed by atoms with Crippen LogP contribution in [0.3, 0.4) is 0 Å². The summed E-state index contributed by atoms with van der Waals surface area (Å²) >= 11 is 0. The number of hydrogen-bond acceptors (Lipinski definition) is 1. The predicted octanol–water partition coefficient (Wildman–Crippen LogP) is 2.48. The molecule has 0 aromatic rings. The number of allylic oxidation sites excluding steroid dienone is 5. The summed E-state index contributed by atoms with van der Waals surface area (Å²) in [6, 6.07) is 0. The Morgan fingerprint density at radius 3 is 3.36 bits per heavy atom. The number of rotatable bonds is 0. The zero-order valence-corrected chi connectivity index (χ0v) is 6.62. The molecular weight excluding hydrogens is 134 g/mol. The molecule has 1 unspecified atom stereocenters. The fraction of sp³-hybridized carbons (Fsp3) is 0.300. The third kappa shape index (κ3) is 1.18. The van der Waals surface area contributed by atoms with Crippen molar-refractivity contribution < 1.29 is 0 Å². The molecule has 0 fully saturated rings. The molecule has 0 aromatic carbocycles. The second kappa shape index (κ2) is 2.50. The van der Waals surface area contributed by atoms with Crippen molar-refractivity contribution in [2.75, 3.05) is 0 Å². The van der Waals surface area contributed by atoms with Crippen molar-refractivity contribution in [1.82, 2.24) is 0 Å². The minimum Gasteiger partial charge on any atom is -0.269 e. The molecule has 11 heavy (non-hydrogen) atoms. The maximum atomic E-state index is 4.13. The van der Waals surface area contributed by atoms with Gasteiger partial charge in [0.2, 0.25) is 0 Å². The van der Waals surface area contributed by atoms with Crippen molar-refractivity contribution in [3.8, 4) is 0 Å². The second-order valence-electron chi connectivity index (χ2n) is 3.05. The molecule has 0 saturated carbocycles.